The number of halogens is 1. The third kappa shape index (κ3) is 4.19. The molecule has 2 rings (SSSR count). The molecule has 1 atom stereocenters. The van der Waals surface area contributed by atoms with Gasteiger partial charge in [0.2, 0.25) is 5.91 Å². The average molecular weight is 324 g/mol. The monoisotopic (exact) mass is 324 g/mol. The number of aliphatic hydroxyl groups is 1. The van der Waals surface area contributed by atoms with Crippen molar-refractivity contribution >= 4 is 11.8 Å². The number of β-amino-alcohol motifs (C(OH)–C–C–N with tert-alkyl or cyclic N) is 1. The normalized spacial score (nSPS) is 21.0. The Hall–Kier alpha value is -2.15. The summed E-state index contributed by atoms with van der Waals surface area (Å²) in [5.41, 5.74) is -1.08. The number of amides is 2. The van der Waals surface area contributed by atoms with Gasteiger partial charge < -0.3 is 20.1 Å². The molecule has 0 radical (unpaired) electrons. The van der Waals surface area contributed by atoms with Crippen molar-refractivity contribution in [3.8, 4) is 5.75 Å². The van der Waals surface area contributed by atoms with E-state index in [0.29, 0.717) is 24.3 Å². The fourth-order valence-corrected chi connectivity index (χ4v) is 2.68. The second kappa shape index (κ2) is 6.95. The van der Waals surface area contributed by atoms with Crippen molar-refractivity contribution in [3.05, 3.63) is 29.6 Å². The summed E-state index contributed by atoms with van der Waals surface area (Å²) >= 11 is 0. The Kier molecular flexibility index (Phi) is 5.20. The molecule has 1 aromatic carbocycles. The first-order chi connectivity index (χ1) is 10.8. The zero-order chi connectivity index (χ0) is 17.0. The molecule has 1 fully saturated rings. The lowest BCUT2D eigenvalue weighted by Gasteiger charge is -2.37. The third-order valence-corrected chi connectivity index (χ3v) is 3.96. The molecule has 2 N–H and O–H groups in total. The van der Waals surface area contributed by atoms with E-state index in [-0.39, 0.29) is 25.4 Å². The Balaban J connectivity index is 2.01. The lowest BCUT2D eigenvalue weighted by Crippen LogP contribution is -2.57. The van der Waals surface area contributed by atoms with E-state index in [0.717, 1.165) is 0 Å². The van der Waals surface area contributed by atoms with Crippen LogP contribution in [0.15, 0.2) is 18.2 Å². The van der Waals surface area contributed by atoms with Crippen LogP contribution in [-0.2, 0) is 16.1 Å². The number of hydrogen-bond donors (Lipinski definition) is 2. The van der Waals surface area contributed by atoms with Gasteiger partial charge in [-0.1, -0.05) is 0 Å². The van der Waals surface area contributed by atoms with Gasteiger partial charge in [-0.3, -0.25) is 9.59 Å². The number of hydrogen-bond acceptors (Lipinski definition) is 4. The molecule has 7 heteroatoms. The van der Waals surface area contributed by atoms with Crippen LogP contribution in [0.1, 0.15) is 25.3 Å². The fraction of sp³-hybridized carbons (Fsp3) is 0.500. The number of likely N-dealkylation sites (tertiary alicyclic amines) is 1. The quantitative estimate of drug-likeness (QED) is 0.860. The summed E-state index contributed by atoms with van der Waals surface area (Å²) in [5.74, 6) is -0.849. The van der Waals surface area contributed by atoms with Crippen LogP contribution in [0.5, 0.6) is 5.75 Å². The Labute approximate surface area is 134 Å². The van der Waals surface area contributed by atoms with Crippen molar-refractivity contribution in [2.24, 2.45) is 0 Å². The maximum absolute atomic E-state index is 13.4. The Morgan fingerprint density at radius 3 is 2.83 bits per heavy atom. The highest BCUT2D eigenvalue weighted by molar-refractivity contribution is 5.86. The maximum atomic E-state index is 13.4. The lowest BCUT2D eigenvalue weighted by molar-refractivity contribution is -0.150. The molecule has 1 heterocycles. The van der Waals surface area contributed by atoms with E-state index in [4.69, 9.17) is 4.74 Å². The van der Waals surface area contributed by atoms with Crippen LogP contribution in [0.25, 0.3) is 0 Å². The largest absolute Gasteiger partial charge is 0.497 e. The molecule has 126 valence electrons. The van der Waals surface area contributed by atoms with Crippen LogP contribution < -0.4 is 10.1 Å². The second-order valence-electron chi connectivity index (χ2n) is 5.76. The Bertz CT molecular complexity index is 608. The first kappa shape index (κ1) is 17.2. The smallest absolute Gasteiger partial charge is 0.254 e. The highest BCUT2D eigenvalue weighted by Crippen LogP contribution is 2.22. The van der Waals surface area contributed by atoms with Gasteiger partial charge in [-0.25, -0.2) is 4.39 Å². The fourth-order valence-electron chi connectivity index (χ4n) is 2.68. The molecule has 6 nitrogen and oxygen atoms in total. The zero-order valence-electron chi connectivity index (χ0n) is 13.3. The van der Waals surface area contributed by atoms with E-state index in [1.54, 1.807) is 6.07 Å². The van der Waals surface area contributed by atoms with Crippen LogP contribution >= 0.6 is 0 Å². The standard InChI is InChI=1S/C16H21FN2O4/c1-11(20)19-5-3-4-16(22,10-19)15(21)18-9-12-6-13(17)8-14(7-12)23-2/h6-8,22H,3-5,9-10H2,1-2H3,(H,18,21). The van der Waals surface area contributed by atoms with Crippen molar-refractivity contribution < 1.29 is 23.8 Å². The van der Waals surface area contributed by atoms with Gasteiger partial charge in [-0.05, 0) is 30.5 Å². The predicted octanol–water partition coefficient (Wildman–Crippen LogP) is 0.824. The first-order valence-corrected chi connectivity index (χ1v) is 7.44. The summed E-state index contributed by atoms with van der Waals surface area (Å²) in [6.07, 6.45) is 0.840. The minimum Gasteiger partial charge on any atom is -0.497 e. The number of nitrogens with zero attached hydrogens (tertiary/aromatic N) is 1. The van der Waals surface area contributed by atoms with Gasteiger partial charge in [-0.2, -0.15) is 0 Å². The van der Waals surface area contributed by atoms with Crippen molar-refractivity contribution in [2.75, 3.05) is 20.2 Å². The van der Waals surface area contributed by atoms with E-state index in [9.17, 15) is 19.1 Å². The van der Waals surface area contributed by atoms with Crippen molar-refractivity contribution in [3.63, 3.8) is 0 Å². The van der Waals surface area contributed by atoms with Crippen molar-refractivity contribution in [1.29, 1.82) is 0 Å². The van der Waals surface area contributed by atoms with E-state index < -0.39 is 17.3 Å². The van der Waals surface area contributed by atoms with Crippen LogP contribution in [0.3, 0.4) is 0 Å². The molecule has 1 aromatic rings. The minimum atomic E-state index is -1.61. The molecule has 0 saturated carbocycles. The van der Waals surface area contributed by atoms with Crippen LogP contribution in [0.4, 0.5) is 4.39 Å². The van der Waals surface area contributed by atoms with Gasteiger partial charge in [-0.15, -0.1) is 0 Å². The number of ether oxygens (including phenoxy) is 1. The maximum Gasteiger partial charge on any atom is 0.254 e. The van der Waals surface area contributed by atoms with Gasteiger partial charge in [0.05, 0.1) is 13.7 Å². The predicted molar refractivity (Wildman–Crippen MR) is 81.2 cm³/mol. The lowest BCUT2D eigenvalue weighted by atomic mass is 9.91. The molecule has 1 aliphatic heterocycles. The summed E-state index contributed by atoms with van der Waals surface area (Å²) in [6.45, 7) is 1.98. The topological polar surface area (TPSA) is 78.9 Å². The molecular weight excluding hydrogens is 303 g/mol. The molecule has 2 amide bonds. The molecule has 23 heavy (non-hydrogen) atoms. The number of piperidine rings is 1. The Morgan fingerprint density at radius 1 is 1.43 bits per heavy atom. The first-order valence-electron chi connectivity index (χ1n) is 7.44. The van der Waals surface area contributed by atoms with Crippen molar-refractivity contribution in [2.45, 2.75) is 31.9 Å². The van der Waals surface area contributed by atoms with Crippen molar-refractivity contribution in [1.82, 2.24) is 10.2 Å². The average Bonchev–Trinajstić information content (AvgIpc) is 2.52. The molecular formula is C16H21FN2O4. The van der Waals surface area contributed by atoms with E-state index >= 15 is 0 Å². The highest BCUT2D eigenvalue weighted by Gasteiger charge is 2.40. The van der Waals surface area contributed by atoms with Gasteiger partial charge in [0, 0.05) is 26.1 Å². The highest BCUT2D eigenvalue weighted by atomic mass is 19.1. The number of carbonyl (C=O) groups excluding carboxylic acids is 2. The van der Waals surface area contributed by atoms with E-state index in [1.165, 1.54) is 31.1 Å². The molecule has 1 unspecified atom stereocenters. The summed E-state index contributed by atoms with van der Waals surface area (Å²) in [6, 6.07) is 4.14. The Morgan fingerprint density at radius 2 is 2.17 bits per heavy atom. The van der Waals surface area contributed by atoms with Gasteiger partial charge in [0.25, 0.3) is 5.91 Å². The third-order valence-electron chi connectivity index (χ3n) is 3.96. The second-order valence-corrected chi connectivity index (χ2v) is 5.76. The number of nitrogens with one attached hydrogen (secondary N) is 1. The van der Waals surface area contributed by atoms with E-state index in [2.05, 4.69) is 5.32 Å². The molecule has 0 aliphatic carbocycles. The summed E-state index contributed by atoms with van der Waals surface area (Å²) in [4.78, 5) is 25.2. The van der Waals surface area contributed by atoms with Crippen LogP contribution in [0, 0.1) is 5.82 Å². The summed E-state index contributed by atoms with van der Waals surface area (Å²) in [7, 11) is 1.43. The molecule has 0 aromatic heterocycles. The number of carbonyl (C=O) groups is 2. The minimum absolute atomic E-state index is 0.0271. The van der Waals surface area contributed by atoms with E-state index in [1.807, 2.05) is 0 Å². The van der Waals surface area contributed by atoms with Gasteiger partial charge >= 0.3 is 0 Å². The number of rotatable bonds is 4. The number of benzene rings is 1. The van der Waals surface area contributed by atoms with Gasteiger partial charge in [0.1, 0.15) is 11.6 Å². The summed E-state index contributed by atoms with van der Waals surface area (Å²) in [5, 5.41) is 13.1. The summed E-state index contributed by atoms with van der Waals surface area (Å²) < 4.78 is 18.4. The van der Waals surface area contributed by atoms with Crippen LogP contribution in [0.2, 0.25) is 0 Å². The zero-order valence-corrected chi connectivity index (χ0v) is 13.3. The molecule has 1 saturated heterocycles. The SMILES string of the molecule is COc1cc(F)cc(CNC(=O)C2(O)CCCN(C(C)=O)C2)c1. The van der Waals surface area contributed by atoms with Crippen LogP contribution in [-0.4, -0.2) is 47.6 Å². The van der Waals surface area contributed by atoms with Gasteiger partial charge in [0.15, 0.2) is 5.60 Å². The molecule has 0 bridgehead atoms. The number of methoxy groups -OCH3 is 1. The molecule has 1 aliphatic rings. The molecule has 0 spiro atoms.